The number of rotatable bonds is 3. The van der Waals surface area contributed by atoms with Crippen LogP contribution in [-0.2, 0) is 19.2 Å². The predicted octanol–water partition coefficient (Wildman–Crippen LogP) is 6.15. The number of ketones is 1. The zero-order valence-corrected chi connectivity index (χ0v) is 25.9. The third-order valence-corrected chi connectivity index (χ3v) is 13.7. The van der Waals surface area contributed by atoms with E-state index in [2.05, 4.69) is 65.3 Å². The summed E-state index contributed by atoms with van der Waals surface area (Å²) in [5.41, 5.74) is 3.17. The Morgan fingerprint density at radius 3 is 2.23 bits per heavy atom. The highest BCUT2D eigenvalue weighted by atomic mass is 16.6. The maximum Gasteiger partial charge on any atom is 0.249 e. The van der Waals surface area contributed by atoms with Gasteiger partial charge in [0, 0.05) is 24.3 Å². The number of carbonyl (C=O) groups is 3. The quantitative estimate of drug-likeness (QED) is 0.421. The lowest BCUT2D eigenvalue weighted by Gasteiger charge is -2.70. The summed E-state index contributed by atoms with van der Waals surface area (Å²) in [6.45, 7) is 18.0. The van der Waals surface area contributed by atoms with Crippen LogP contribution in [0.2, 0.25) is 0 Å². The Morgan fingerprint density at radius 2 is 1.59 bits per heavy atom. The highest BCUT2D eigenvalue weighted by Gasteiger charge is 2.70. The van der Waals surface area contributed by atoms with Crippen molar-refractivity contribution in [1.29, 1.82) is 0 Å². The van der Waals surface area contributed by atoms with E-state index in [1.807, 2.05) is 0 Å². The van der Waals surface area contributed by atoms with Gasteiger partial charge in [-0.2, -0.15) is 0 Å². The van der Waals surface area contributed by atoms with Crippen LogP contribution in [0.4, 0.5) is 0 Å². The fourth-order valence-electron chi connectivity index (χ4n) is 11.1. The van der Waals surface area contributed by atoms with E-state index in [0.29, 0.717) is 11.7 Å². The molecule has 0 heterocycles. The van der Waals surface area contributed by atoms with E-state index in [-0.39, 0.29) is 56.8 Å². The summed E-state index contributed by atoms with van der Waals surface area (Å²) >= 11 is 0. The Bertz CT molecular complexity index is 1110. The number of carbonyl (C=O) groups excluding carboxylic acids is 3. The Kier molecular flexibility index (Phi) is 6.58. The van der Waals surface area contributed by atoms with E-state index in [0.717, 1.165) is 57.8 Å². The van der Waals surface area contributed by atoms with E-state index in [4.69, 9.17) is 4.84 Å². The lowest BCUT2D eigenvalue weighted by atomic mass is 9.33. The number of hydroxylamine groups is 1. The van der Waals surface area contributed by atoms with Crippen LogP contribution in [0, 0.1) is 50.2 Å². The molecular weight excluding hydrogens is 488 g/mol. The van der Waals surface area contributed by atoms with E-state index in [1.165, 1.54) is 12.7 Å². The molecular formula is C33H52N2O4. The number of hydrogen-bond acceptors (Lipinski definition) is 4. The minimum Gasteiger partial charge on any atom is -0.353 e. The molecule has 5 rings (SSSR count). The Morgan fingerprint density at radius 1 is 0.923 bits per heavy atom. The number of allylic oxidation sites excluding steroid dienone is 2. The summed E-state index contributed by atoms with van der Waals surface area (Å²) in [6, 6.07) is 0.145. The SMILES string of the molecule is CONC(=O)[C@@]1(C)CC[C@]2(C)CC[C@]3(C)C(=CC(=O)[C@@H]4[C@@]5(C)CC[C@@H](NC(C)=O)C(C)(C)C5CC[C@]43C)[C@H]2C1. The Balaban J connectivity index is 1.56. The van der Waals surface area contributed by atoms with Crippen molar-refractivity contribution >= 4 is 17.6 Å². The molecule has 6 heteroatoms. The topological polar surface area (TPSA) is 84.5 Å². The molecule has 0 aromatic carbocycles. The molecule has 218 valence electrons. The second kappa shape index (κ2) is 8.90. The van der Waals surface area contributed by atoms with Crippen LogP contribution in [0.1, 0.15) is 113 Å². The van der Waals surface area contributed by atoms with Gasteiger partial charge >= 0.3 is 0 Å². The second-order valence-electron chi connectivity index (χ2n) is 16.0. The number of hydrogen-bond donors (Lipinski definition) is 2. The lowest BCUT2D eigenvalue weighted by molar-refractivity contribution is -0.189. The van der Waals surface area contributed by atoms with Crippen molar-refractivity contribution in [3.8, 4) is 0 Å². The molecule has 5 aliphatic rings. The van der Waals surface area contributed by atoms with Crippen molar-refractivity contribution in [3.05, 3.63) is 11.6 Å². The molecule has 39 heavy (non-hydrogen) atoms. The van der Waals surface area contributed by atoms with E-state index < -0.39 is 5.41 Å². The first kappa shape index (κ1) is 28.8. The van der Waals surface area contributed by atoms with Gasteiger partial charge in [-0.05, 0) is 103 Å². The summed E-state index contributed by atoms with van der Waals surface area (Å²) in [4.78, 5) is 44.7. The standard InChI is InChI=1S/C33H52N2O4/c1-20(36)34-25-11-12-31(6)24(28(25,2)3)10-13-33(8)26(31)23(37)18-21-22-19-30(5,27(38)35-39-9)15-14-29(22,4)16-17-32(21,33)7/h18,22,24-26H,10-17,19H2,1-9H3,(H,34,36)(H,35,38)/t22-,24?,25-,26-,29-,30+,31+,32-,33-/m1/s1. The molecule has 0 bridgehead atoms. The van der Waals surface area contributed by atoms with Crippen LogP contribution in [-0.4, -0.2) is 30.7 Å². The summed E-state index contributed by atoms with van der Waals surface area (Å²) in [6.07, 6.45) is 10.9. The maximum atomic E-state index is 14.5. The van der Waals surface area contributed by atoms with Gasteiger partial charge in [0.25, 0.3) is 0 Å². The molecule has 0 aromatic heterocycles. The monoisotopic (exact) mass is 540 g/mol. The fraction of sp³-hybridized carbons (Fsp3) is 0.848. The van der Waals surface area contributed by atoms with Gasteiger partial charge in [-0.3, -0.25) is 19.2 Å². The molecule has 0 aliphatic heterocycles. The minimum absolute atomic E-state index is 0.0221. The van der Waals surface area contributed by atoms with E-state index in [1.54, 1.807) is 6.92 Å². The average Bonchev–Trinajstić information content (AvgIpc) is 2.83. The second-order valence-corrected chi connectivity index (χ2v) is 16.0. The summed E-state index contributed by atoms with van der Waals surface area (Å²) in [5.74, 6) is 0.875. The van der Waals surface area contributed by atoms with Gasteiger partial charge in [-0.25, -0.2) is 5.48 Å². The predicted molar refractivity (Wildman–Crippen MR) is 152 cm³/mol. The van der Waals surface area contributed by atoms with E-state index in [9.17, 15) is 14.4 Å². The van der Waals surface area contributed by atoms with Gasteiger partial charge < -0.3 is 5.32 Å². The van der Waals surface area contributed by atoms with Gasteiger partial charge in [-0.15, -0.1) is 0 Å². The van der Waals surface area contributed by atoms with Crippen LogP contribution >= 0.6 is 0 Å². The van der Waals surface area contributed by atoms with Crippen molar-refractivity contribution in [2.45, 2.75) is 119 Å². The van der Waals surface area contributed by atoms with Crippen molar-refractivity contribution in [1.82, 2.24) is 10.8 Å². The smallest absolute Gasteiger partial charge is 0.249 e. The van der Waals surface area contributed by atoms with Crippen LogP contribution in [0.3, 0.4) is 0 Å². The Labute approximate surface area is 235 Å². The summed E-state index contributed by atoms with van der Waals surface area (Å²) in [5, 5.41) is 3.25. The van der Waals surface area contributed by atoms with Gasteiger partial charge in [0.15, 0.2) is 5.78 Å². The molecule has 0 aromatic rings. The zero-order chi connectivity index (χ0) is 28.8. The summed E-state index contributed by atoms with van der Waals surface area (Å²) in [7, 11) is 1.50. The fourth-order valence-corrected chi connectivity index (χ4v) is 11.1. The molecule has 9 atom stereocenters. The van der Waals surface area contributed by atoms with E-state index >= 15 is 0 Å². The first-order chi connectivity index (χ1) is 18.0. The van der Waals surface area contributed by atoms with Crippen LogP contribution in [0.25, 0.3) is 0 Å². The molecule has 0 radical (unpaired) electrons. The van der Waals surface area contributed by atoms with Crippen LogP contribution in [0.5, 0.6) is 0 Å². The molecule has 6 nitrogen and oxygen atoms in total. The number of amides is 2. The zero-order valence-electron chi connectivity index (χ0n) is 25.9. The third kappa shape index (κ3) is 3.85. The molecule has 2 amide bonds. The highest BCUT2D eigenvalue weighted by Crippen LogP contribution is 2.75. The first-order valence-corrected chi connectivity index (χ1v) is 15.3. The van der Waals surface area contributed by atoms with Crippen molar-refractivity contribution < 1.29 is 19.2 Å². The van der Waals surface area contributed by atoms with Gasteiger partial charge in [0.2, 0.25) is 11.8 Å². The molecule has 1 unspecified atom stereocenters. The normalized spacial score (nSPS) is 48.4. The molecule has 4 saturated carbocycles. The third-order valence-electron chi connectivity index (χ3n) is 13.7. The lowest BCUT2D eigenvalue weighted by Crippen LogP contribution is -2.67. The molecule has 2 N–H and O–H groups in total. The number of fused-ring (bicyclic) bond motifs is 7. The van der Waals surface area contributed by atoms with Crippen LogP contribution < -0.4 is 10.8 Å². The highest BCUT2D eigenvalue weighted by molar-refractivity contribution is 5.95. The maximum absolute atomic E-state index is 14.5. The van der Waals surface area contributed by atoms with Gasteiger partial charge in [-0.1, -0.05) is 54.0 Å². The summed E-state index contributed by atoms with van der Waals surface area (Å²) < 4.78 is 0. The Hall–Kier alpha value is -1.69. The minimum atomic E-state index is -0.504. The molecule has 0 saturated heterocycles. The van der Waals surface area contributed by atoms with Crippen molar-refractivity contribution in [3.63, 3.8) is 0 Å². The first-order valence-electron chi connectivity index (χ1n) is 15.3. The molecule has 0 spiro atoms. The van der Waals surface area contributed by atoms with Crippen molar-refractivity contribution in [2.75, 3.05) is 7.11 Å². The molecule has 4 fully saturated rings. The van der Waals surface area contributed by atoms with Gasteiger partial charge in [0.05, 0.1) is 7.11 Å². The largest absolute Gasteiger partial charge is 0.353 e. The average molecular weight is 541 g/mol. The van der Waals surface area contributed by atoms with Crippen molar-refractivity contribution in [2.24, 2.45) is 50.2 Å². The van der Waals surface area contributed by atoms with Crippen LogP contribution in [0.15, 0.2) is 11.6 Å². The number of nitrogens with one attached hydrogen (secondary N) is 2. The molecule has 5 aliphatic carbocycles. The van der Waals surface area contributed by atoms with Gasteiger partial charge in [0.1, 0.15) is 0 Å².